The maximum Gasteiger partial charge on any atom is 0.220 e. The Bertz CT molecular complexity index is 319. The summed E-state index contributed by atoms with van der Waals surface area (Å²) >= 11 is 0. The van der Waals surface area contributed by atoms with Crippen LogP contribution in [0.15, 0.2) is 6.33 Å². The van der Waals surface area contributed by atoms with E-state index in [1.807, 2.05) is 6.92 Å². The summed E-state index contributed by atoms with van der Waals surface area (Å²) in [5, 5.41) is 12.5. The largest absolute Gasteiger partial charge is 0.346 e. The Kier molecular flexibility index (Phi) is 2.96. The highest BCUT2D eigenvalue weighted by Gasteiger charge is 2.21. The zero-order valence-corrected chi connectivity index (χ0v) is 8.66. The standard InChI is InChI=1S/C9H15N5O/c1-6(9-11-5-12-14-9)13-8(15)2-7-3-10-4-7/h5-7,10H,2-4H2,1H3,(H,13,15)(H,11,12,14). The van der Waals surface area contributed by atoms with Gasteiger partial charge >= 0.3 is 0 Å². The Hall–Kier alpha value is -1.43. The van der Waals surface area contributed by atoms with E-state index in [0.29, 0.717) is 18.2 Å². The van der Waals surface area contributed by atoms with Crippen molar-refractivity contribution in [2.24, 2.45) is 5.92 Å². The van der Waals surface area contributed by atoms with Crippen molar-refractivity contribution < 1.29 is 4.79 Å². The van der Waals surface area contributed by atoms with Crippen molar-refractivity contribution in [3.63, 3.8) is 0 Å². The SMILES string of the molecule is CC(NC(=O)CC1CNC1)c1ncn[nH]1. The van der Waals surface area contributed by atoms with Crippen molar-refractivity contribution in [3.05, 3.63) is 12.2 Å². The van der Waals surface area contributed by atoms with Gasteiger partial charge < -0.3 is 10.6 Å². The summed E-state index contributed by atoms with van der Waals surface area (Å²) < 4.78 is 0. The molecule has 0 spiro atoms. The summed E-state index contributed by atoms with van der Waals surface area (Å²) in [6.45, 7) is 3.78. The van der Waals surface area contributed by atoms with Gasteiger partial charge in [-0.15, -0.1) is 0 Å². The minimum Gasteiger partial charge on any atom is -0.346 e. The average molecular weight is 209 g/mol. The fourth-order valence-corrected chi connectivity index (χ4v) is 1.55. The van der Waals surface area contributed by atoms with Crippen LogP contribution in [0.4, 0.5) is 0 Å². The van der Waals surface area contributed by atoms with Crippen molar-refractivity contribution in [3.8, 4) is 0 Å². The highest BCUT2D eigenvalue weighted by atomic mass is 16.1. The first kappa shape index (κ1) is 10.1. The van der Waals surface area contributed by atoms with E-state index >= 15 is 0 Å². The molecule has 1 aliphatic heterocycles. The van der Waals surface area contributed by atoms with E-state index in [0.717, 1.165) is 13.1 Å². The summed E-state index contributed by atoms with van der Waals surface area (Å²) in [4.78, 5) is 15.5. The quantitative estimate of drug-likeness (QED) is 0.629. The van der Waals surface area contributed by atoms with Gasteiger partial charge in [0.15, 0.2) is 0 Å². The highest BCUT2D eigenvalue weighted by molar-refractivity contribution is 5.76. The second-order valence-electron chi connectivity index (χ2n) is 3.89. The summed E-state index contributed by atoms with van der Waals surface area (Å²) in [6, 6.07) is -0.104. The summed E-state index contributed by atoms with van der Waals surface area (Å²) in [6.07, 6.45) is 2.03. The van der Waals surface area contributed by atoms with Crippen molar-refractivity contribution in [1.29, 1.82) is 0 Å². The first-order valence-corrected chi connectivity index (χ1v) is 5.11. The molecule has 2 heterocycles. The van der Waals surface area contributed by atoms with Crippen LogP contribution in [0.25, 0.3) is 0 Å². The minimum absolute atomic E-state index is 0.0744. The lowest BCUT2D eigenvalue weighted by Gasteiger charge is -2.26. The van der Waals surface area contributed by atoms with Crippen LogP contribution in [-0.2, 0) is 4.79 Å². The Morgan fingerprint density at radius 1 is 1.73 bits per heavy atom. The topological polar surface area (TPSA) is 82.7 Å². The minimum atomic E-state index is -0.104. The fourth-order valence-electron chi connectivity index (χ4n) is 1.55. The molecule has 0 bridgehead atoms. The molecule has 1 aromatic heterocycles. The number of rotatable bonds is 4. The van der Waals surface area contributed by atoms with E-state index in [-0.39, 0.29) is 11.9 Å². The molecule has 0 radical (unpaired) electrons. The molecule has 1 unspecified atom stereocenters. The number of aromatic nitrogens is 3. The lowest BCUT2D eigenvalue weighted by atomic mass is 9.99. The monoisotopic (exact) mass is 209 g/mol. The Morgan fingerprint density at radius 3 is 3.07 bits per heavy atom. The highest BCUT2D eigenvalue weighted by Crippen LogP contribution is 2.10. The molecule has 1 amide bonds. The van der Waals surface area contributed by atoms with Gasteiger partial charge in [-0.3, -0.25) is 9.89 Å². The number of nitrogens with one attached hydrogen (secondary N) is 3. The molecule has 1 saturated heterocycles. The number of hydrogen-bond acceptors (Lipinski definition) is 4. The van der Waals surface area contributed by atoms with Crippen molar-refractivity contribution >= 4 is 5.91 Å². The van der Waals surface area contributed by atoms with Crippen LogP contribution in [-0.4, -0.2) is 34.2 Å². The van der Waals surface area contributed by atoms with Gasteiger partial charge in [0.05, 0.1) is 6.04 Å². The predicted octanol–water partition coefficient (Wildman–Crippen LogP) is -0.409. The van der Waals surface area contributed by atoms with Crippen LogP contribution in [0.2, 0.25) is 0 Å². The zero-order valence-electron chi connectivity index (χ0n) is 8.66. The van der Waals surface area contributed by atoms with Crippen LogP contribution < -0.4 is 10.6 Å². The lowest BCUT2D eigenvalue weighted by molar-refractivity contribution is -0.123. The van der Waals surface area contributed by atoms with Gasteiger partial charge in [-0.05, 0) is 25.9 Å². The molecule has 1 aromatic rings. The van der Waals surface area contributed by atoms with Crippen LogP contribution in [0, 0.1) is 5.92 Å². The van der Waals surface area contributed by atoms with E-state index in [2.05, 4.69) is 25.8 Å². The van der Waals surface area contributed by atoms with E-state index in [9.17, 15) is 4.79 Å². The van der Waals surface area contributed by atoms with Crippen LogP contribution >= 0.6 is 0 Å². The normalized spacial score (nSPS) is 18.2. The van der Waals surface area contributed by atoms with E-state index in [4.69, 9.17) is 0 Å². The molecule has 1 fully saturated rings. The molecular weight excluding hydrogens is 194 g/mol. The molecule has 82 valence electrons. The third-order valence-corrected chi connectivity index (χ3v) is 2.56. The average Bonchev–Trinajstić information content (AvgIpc) is 2.64. The molecule has 0 saturated carbocycles. The van der Waals surface area contributed by atoms with Gasteiger partial charge in [-0.25, -0.2) is 4.98 Å². The molecule has 2 rings (SSSR count). The summed E-state index contributed by atoms with van der Waals surface area (Å²) in [7, 11) is 0. The first-order chi connectivity index (χ1) is 7.25. The molecule has 1 aliphatic rings. The number of carbonyl (C=O) groups is 1. The van der Waals surface area contributed by atoms with Gasteiger partial charge in [-0.2, -0.15) is 5.10 Å². The number of amides is 1. The predicted molar refractivity (Wildman–Crippen MR) is 53.9 cm³/mol. The molecular formula is C9H15N5O. The second-order valence-corrected chi connectivity index (χ2v) is 3.89. The van der Waals surface area contributed by atoms with Gasteiger partial charge in [0, 0.05) is 6.42 Å². The van der Waals surface area contributed by atoms with Gasteiger partial charge in [0.25, 0.3) is 0 Å². The zero-order chi connectivity index (χ0) is 10.7. The molecule has 1 atom stereocenters. The second kappa shape index (κ2) is 4.39. The van der Waals surface area contributed by atoms with Gasteiger partial charge in [-0.1, -0.05) is 0 Å². The van der Waals surface area contributed by atoms with E-state index in [1.54, 1.807) is 0 Å². The first-order valence-electron chi connectivity index (χ1n) is 5.11. The number of carbonyl (C=O) groups excluding carboxylic acids is 1. The molecule has 6 heteroatoms. The van der Waals surface area contributed by atoms with Crippen molar-refractivity contribution in [2.75, 3.05) is 13.1 Å². The van der Waals surface area contributed by atoms with Crippen molar-refractivity contribution in [1.82, 2.24) is 25.8 Å². The maximum absolute atomic E-state index is 11.6. The third kappa shape index (κ3) is 2.53. The third-order valence-electron chi connectivity index (χ3n) is 2.56. The molecule has 0 aliphatic carbocycles. The van der Waals surface area contributed by atoms with Crippen LogP contribution in [0.5, 0.6) is 0 Å². The van der Waals surface area contributed by atoms with Crippen LogP contribution in [0.1, 0.15) is 25.2 Å². The summed E-state index contributed by atoms with van der Waals surface area (Å²) in [5.41, 5.74) is 0. The number of hydrogen-bond donors (Lipinski definition) is 3. The Labute approximate surface area is 87.9 Å². The lowest BCUT2D eigenvalue weighted by Crippen LogP contribution is -2.44. The van der Waals surface area contributed by atoms with Crippen LogP contribution in [0.3, 0.4) is 0 Å². The smallest absolute Gasteiger partial charge is 0.220 e. The van der Waals surface area contributed by atoms with Gasteiger partial charge in [0.2, 0.25) is 5.91 Å². The number of aromatic amines is 1. The molecule has 0 aromatic carbocycles. The summed E-state index contributed by atoms with van der Waals surface area (Å²) in [5.74, 6) is 1.26. The van der Waals surface area contributed by atoms with Crippen molar-refractivity contribution in [2.45, 2.75) is 19.4 Å². The van der Waals surface area contributed by atoms with E-state index in [1.165, 1.54) is 6.33 Å². The Morgan fingerprint density at radius 2 is 2.53 bits per heavy atom. The molecule has 6 nitrogen and oxygen atoms in total. The number of nitrogens with zero attached hydrogens (tertiary/aromatic N) is 2. The number of H-pyrrole nitrogens is 1. The Balaban J connectivity index is 1.78. The van der Waals surface area contributed by atoms with E-state index < -0.39 is 0 Å². The molecule has 3 N–H and O–H groups in total. The van der Waals surface area contributed by atoms with Gasteiger partial charge in [0.1, 0.15) is 12.2 Å². The molecule has 15 heavy (non-hydrogen) atoms. The fraction of sp³-hybridized carbons (Fsp3) is 0.667. The maximum atomic E-state index is 11.6.